The van der Waals surface area contributed by atoms with Crippen molar-refractivity contribution in [2.75, 3.05) is 16.0 Å². The number of aryl methyl sites for hydroxylation is 1. The van der Waals surface area contributed by atoms with Crippen LogP contribution in [0.25, 0.3) is 0 Å². The lowest BCUT2D eigenvalue weighted by Gasteiger charge is -2.09. The second-order valence-corrected chi connectivity index (χ2v) is 8.68. The molecule has 3 aromatic rings. The Labute approximate surface area is 177 Å². The normalized spacial score (nSPS) is 15.6. The number of aromatic amines is 1. The molecular weight excluding hydrogens is 400 g/mol. The van der Waals surface area contributed by atoms with Gasteiger partial charge in [0.25, 0.3) is 0 Å². The smallest absolute Gasteiger partial charge is 0.234 e. The average Bonchev–Trinajstić information content (AvgIpc) is 3.63. The summed E-state index contributed by atoms with van der Waals surface area (Å²) in [5.74, 6) is 1.94. The SMILES string of the molecule is Cc1cc(Nc2nc(NC3CC3)nc(Sc3ccc(NC(=O)C4CC4)cc3)n2)n[nH]1. The summed E-state index contributed by atoms with van der Waals surface area (Å²) in [6, 6.07) is 10.0. The first-order valence-corrected chi connectivity index (χ1v) is 10.8. The predicted octanol–water partition coefficient (Wildman–Crippen LogP) is 3.72. The van der Waals surface area contributed by atoms with Gasteiger partial charge in [0, 0.05) is 34.3 Å². The molecule has 2 heterocycles. The quantitative estimate of drug-likeness (QED) is 0.433. The number of benzene rings is 1. The van der Waals surface area contributed by atoms with Gasteiger partial charge in [0.05, 0.1) is 0 Å². The Balaban J connectivity index is 1.31. The number of hydrogen-bond donors (Lipinski definition) is 4. The molecule has 2 saturated carbocycles. The van der Waals surface area contributed by atoms with Crippen LogP contribution in [-0.2, 0) is 4.79 Å². The van der Waals surface area contributed by atoms with E-state index in [1.54, 1.807) is 0 Å². The molecule has 1 aromatic carbocycles. The van der Waals surface area contributed by atoms with Gasteiger partial charge in [-0.25, -0.2) is 0 Å². The van der Waals surface area contributed by atoms with Crippen LogP contribution in [0, 0.1) is 12.8 Å². The summed E-state index contributed by atoms with van der Waals surface area (Å²) in [6.45, 7) is 1.93. The first-order valence-electron chi connectivity index (χ1n) is 10.0. The number of amides is 1. The molecule has 30 heavy (non-hydrogen) atoms. The van der Waals surface area contributed by atoms with E-state index in [0.29, 0.717) is 28.9 Å². The zero-order chi connectivity index (χ0) is 20.5. The molecule has 0 atom stereocenters. The van der Waals surface area contributed by atoms with Crippen LogP contribution in [0.4, 0.5) is 23.4 Å². The molecule has 2 fully saturated rings. The molecule has 4 N–H and O–H groups in total. The number of carbonyl (C=O) groups is 1. The van der Waals surface area contributed by atoms with E-state index in [1.165, 1.54) is 11.8 Å². The van der Waals surface area contributed by atoms with Gasteiger partial charge in [-0.3, -0.25) is 9.89 Å². The van der Waals surface area contributed by atoms with E-state index in [4.69, 9.17) is 0 Å². The lowest BCUT2D eigenvalue weighted by Crippen LogP contribution is -2.12. The monoisotopic (exact) mass is 422 g/mol. The van der Waals surface area contributed by atoms with E-state index >= 15 is 0 Å². The fraction of sp³-hybridized carbons (Fsp3) is 0.350. The van der Waals surface area contributed by atoms with Crippen LogP contribution in [0.15, 0.2) is 40.4 Å². The van der Waals surface area contributed by atoms with Gasteiger partial charge in [-0.1, -0.05) is 0 Å². The molecule has 0 saturated heterocycles. The van der Waals surface area contributed by atoms with E-state index in [2.05, 4.69) is 41.1 Å². The van der Waals surface area contributed by atoms with E-state index in [9.17, 15) is 4.79 Å². The Morgan fingerprint density at radius 1 is 1.07 bits per heavy atom. The average molecular weight is 423 g/mol. The maximum absolute atomic E-state index is 11.9. The number of nitrogens with zero attached hydrogens (tertiary/aromatic N) is 4. The second-order valence-electron chi connectivity index (χ2n) is 7.63. The van der Waals surface area contributed by atoms with Crippen molar-refractivity contribution in [3.8, 4) is 0 Å². The third-order valence-electron chi connectivity index (χ3n) is 4.75. The minimum atomic E-state index is 0.105. The first kappa shape index (κ1) is 18.9. The van der Waals surface area contributed by atoms with Crippen LogP contribution < -0.4 is 16.0 Å². The van der Waals surface area contributed by atoms with Gasteiger partial charge in [0.1, 0.15) is 0 Å². The Bertz CT molecular complexity index is 1060. The van der Waals surface area contributed by atoms with Gasteiger partial charge >= 0.3 is 0 Å². The van der Waals surface area contributed by atoms with Gasteiger partial charge in [0.2, 0.25) is 17.8 Å². The molecule has 2 aromatic heterocycles. The topological polar surface area (TPSA) is 121 Å². The molecule has 0 aliphatic heterocycles. The lowest BCUT2D eigenvalue weighted by atomic mass is 10.3. The van der Waals surface area contributed by atoms with Crippen LogP contribution in [0.2, 0.25) is 0 Å². The molecular formula is C20H22N8OS. The fourth-order valence-corrected chi connectivity index (χ4v) is 3.58. The van der Waals surface area contributed by atoms with Crippen molar-refractivity contribution in [1.82, 2.24) is 25.1 Å². The van der Waals surface area contributed by atoms with Gasteiger partial charge in [-0.2, -0.15) is 20.1 Å². The van der Waals surface area contributed by atoms with Crippen molar-refractivity contribution in [1.29, 1.82) is 0 Å². The van der Waals surface area contributed by atoms with Crippen LogP contribution in [0.5, 0.6) is 0 Å². The van der Waals surface area contributed by atoms with Crippen molar-refractivity contribution in [3.05, 3.63) is 36.0 Å². The molecule has 9 nitrogen and oxygen atoms in total. The van der Waals surface area contributed by atoms with Crippen molar-refractivity contribution < 1.29 is 4.79 Å². The van der Waals surface area contributed by atoms with E-state index in [0.717, 1.165) is 42.0 Å². The first-order chi connectivity index (χ1) is 14.6. The number of hydrogen-bond acceptors (Lipinski definition) is 8. The van der Waals surface area contributed by atoms with Crippen molar-refractivity contribution in [3.63, 3.8) is 0 Å². The Morgan fingerprint density at radius 3 is 2.50 bits per heavy atom. The summed E-state index contributed by atoms with van der Waals surface area (Å²) in [4.78, 5) is 26.4. The second kappa shape index (κ2) is 7.94. The highest BCUT2D eigenvalue weighted by Gasteiger charge is 2.29. The molecule has 0 unspecified atom stereocenters. The van der Waals surface area contributed by atoms with E-state index < -0.39 is 0 Å². The summed E-state index contributed by atoms with van der Waals surface area (Å²) < 4.78 is 0. The number of nitrogens with one attached hydrogen (secondary N) is 4. The fourth-order valence-electron chi connectivity index (χ4n) is 2.83. The minimum Gasteiger partial charge on any atom is -0.351 e. The number of anilines is 4. The van der Waals surface area contributed by atoms with Crippen molar-refractivity contribution in [2.45, 2.75) is 48.7 Å². The predicted molar refractivity (Wildman–Crippen MR) is 115 cm³/mol. The van der Waals surface area contributed by atoms with E-state index in [-0.39, 0.29) is 11.8 Å². The minimum absolute atomic E-state index is 0.105. The lowest BCUT2D eigenvalue weighted by molar-refractivity contribution is -0.117. The largest absolute Gasteiger partial charge is 0.351 e. The summed E-state index contributed by atoms with van der Waals surface area (Å²) in [6.07, 6.45) is 4.24. The summed E-state index contributed by atoms with van der Waals surface area (Å²) in [5.41, 5.74) is 1.76. The molecule has 0 spiro atoms. The standard InChI is InChI=1S/C20H22N8OS/c1-11-10-16(28-27-11)23-19-24-18(22-14-4-5-14)25-20(26-19)30-15-8-6-13(7-9-15)21-17(29)12-2-3-12/h6-10,12,14H,2-5H2,1H3,(H,21,29)(H3,22,23,24,25,26,27,28). The molecule has 10 heteroatoms. The maximum atomic E-state index is 11.9. The molecule has 0 radical (unpaired) electrons. The van der Waals surface area contributed by atoms with Crippen LogP contribution >= 0.6 is 11.8 Å². The Kier molecular flexibility index (Phi) is 4.99. The number of rotatable bonds is 8. The van der Waals surface area contributed by atoms with Crippen molar-refractivity contribution >= 4 is 41.1 Å². The molecule has 5 rings (SSSR count). The zero-order valence-corrected chi connectivity index (χ0v) is 17.3. The number of aromatic nitrogens is 5. The highest BCUT2D eigenvalue weighted by molar-refractivity contribution is 7.99. The third-order valence-corrected chi connectivity index (χ3v) is 5.62. The van der Waals surface area contributed by atoms with Gasteiger partial charge in [-0.15, -0.1) is 0 Å². The Hall–Kier alpha value is -3.14. The molecule has 154 valence electrons. The molecule has 2 aliphatic rings. The van der Waals surface area contributed by atoms with Gasteiger partial charge in [0.15, 0.2) is 11.0 Å². The summed E-state index contributed by atoms with van der Waals surface area (Å²) in [7, 11) is 0. The maximum Gasteiger partial charge on any atom is 0.234 e. The number of carbonyl (C=O) groups excluding carboxylic acids is 1. The summed E-state index contributed by atoms with van der Waals surface area (Å²) in [5, 5.41) is 17.1. The Morgan fingerprint density at radius 2 is 1.83 bits per heavy atom. The zero-order valence-electron chi connectivity index (χ0n) is 16.5. The van der Waals surface area contributed by atoms with Crippen LogP contribution in [0.3, 0.4) is 0 Å². The molecule has 2 aliphatic carbocycles. The highest BCUT2D eigenvalue weighted by atomic mass is 32.2. The van der Waals surface area contributed by atoms with Crippen LogP contribution in [-0.4, -0.2) is 37.1 Å². The molecule has 1 amide bonds. The van der Waals surface area contributed by atoms with Crippen molar-refractivity contribution in [2.24, 2.45) is 5.92 Å². The summed E-state index contributed by atoms with van der Waals surface area (Å²) >= 11 is 1.44. The van der Waals surface area contributed by atoms with Gasteiger partial charge < -0.3 is 16.0 Å². The van der Waals surface area contributed by atoms with Crippen LogP contribution in [0.1, 0.15) is 31.4 Å². The third kappa shape index (κ3) is 4.88. The van der Waals surface area contributed by atoms with E-state index in [1.807, 2.05) is 37.3 Å². The number of H-pyrrole nitrogens is 1. The van der Waals surface area contributed by atoms with Gasteiger partial charge in [-0.05, 0) is 68.6 Å². The molecule has 0 bridgehead atoms. The highest BCUT2D eigenvalue weighted by Crippen LogP contribution is 2.32.